The van der Waals surface area contributed by atoms with Gasteiger partial charge in [-0.3, -0.25) is 4.99 Å². The van der Waals surface area contributed by atoms with Crippen molar-refractivity contribution >= 4 is 29.9 Å². The summed E-state index contributed by atoms with van der Waals surface area (Å²) >= 11 is 0. The maximum Gasteiger partial charge on any atom is 0.191 e. The maximum atomic E-state index is 5.93. The van der Waals surface area contributed by atoms with Crippen LogP contribution >= 0.6 is 24.0 Å². The monoisotopic (exact) mass is 365 g/mol. The van der Waals surface area contributed by atoms with E-state index in [9.17, 15) is 0 Å². The van der Waals surface area contributed by atoms with Crippen molar-refractivity contribution in [1.29, 1.82) is 0 Å². The Morgan fingerprint density at radius 2 is 2.33 bits per heavy atom. The van der Waals surface area contributed by atoms with Gasteiger partial charge in [-0.25, -0.2) is 0 Å². The van der Waals surface area contributed by atoms with Crippen LogP contribution in [0.3, 0.4) is 0 Å². The van der Waals surface area contributed by atoms with Crippen LogP contribution in [0.5, 0.6) is 0 Å². The lowest BCUT2D eigenvalue weighted by molar-refractivity contribution is 0.0405. The first-order valence-corrected chi connectivity index (χ1v) is 6.92. The van der Waals surface area contributed by atoms with E-state index in [1.807, 2.05) is 0 Å². The molecule has 18 heavy (non-hydrogen) atoms. The molecule has 0 aromatic heterocycles. The number of hydrogen-bond acceptors (Lipinski definition) is 4. The van der Waals surface area contributed by atoms with Crippen molar-refractivity contribution in [3.8, 4) is 0 Å². The van der Waals surface area contributed by atoms with E-state index in [4.69, 9.17) is 4.74 Å². The maximum absolute atomic E-state index is 5.93. The Bertz CT molecular complexity index is 319. The molecule has 4 nitrogen and oxygen atoms in total. The van der Waals surface area contributed by atoms with Crippen molar-refractivity contribution in [3.63, 3.8) is 0 Å². The van der Waals surface area contributed by atoms with E-state index in [1.54, 1.807) is 0 Å². The highest BCUT2D eigenvalue weighted by Gasteiger charge is 2.48. The minimum Gasteiger partial charge on any atom is -0.377 e. The lowest BCUT2D eigenvalue weighted by atomic mass is 9.81. The molecule has 0 bridgehead atoms. The normalized spacial score (nSPS) is 35.4. The minimum absolute atomic E-state index is 0. The summed E-state index contributed by atoms with van der Waals surface area (Å²) in [5, 5.41) is 6.79. The van der Waals surface area contributed by atoms with Gasteiger partial charge in [0.05, 0.1) is 6.10 Å². The fraction of sp³-hybridized carbons (Fsp3) is 0.923. The zero-order chi connectivity index (χ0) is 11.7. The molecule has 2 fully saturated rings. The molecule has 1 saturated carbocycles. The van der Waals surface area contributed by atoms with Gasteiger partial charge in [0.15, 0.2) is 5.96 Å². The van der Waals surface area contributed by atoms with Gasteiger partial charge in [-0.15, -0.1) is 24.0 Å². The minimum atomic E-state index is 0. The summed E-state index contributed by atoms with van der Waals surface area (Å²) in [6, 6.07) is 0. The van der Waals surface area contributed by atoms with Gasteiger partial charge in [-0.05, 0) is 31.6 Å². The second-order valence-corrected chi connectivity index (χ2v) is 5.90. The van der Waals surface area contributed by atoms with Crippen LogP contribution in [-0.2, 0) is 4.74 Å². The Morgan fingerprint density at radius 1 is 1.50 bits per heavy atom. The quantitative estimate of drug-likeness (QED) is 0.750. The first-order chi connectivity index (χ1) is 8.28. The van der Waals surface area contributed by atoms with Crippen molar-refractivity contribution in [2.45, 2.75) is 38.7 Å². The van der Waals surface area contributed by atoms with Gasteiger partial charge in [0, 0.05) is 31.7 Å². The Kier molecular flexibility index (Phi) is 4.75. The number of nitrogens with zero attached hydrogens (tertiary/aromatic N) is 1. The van der Waals surface area contributed by atoms with Crippen LogP contribution in [0.1, 0.15) is 32.6 Å². The predicted molar refractivity (Wildman–Crippen MR) is 83.5 cm³/mol. The van der Waals surface area contributed by atoms with Crippen molar-refractivity contribution in [2.75, 3.05) is 26.2 Å². The van der Waals surface area contributed by atoms with Gasteiger partial charge in [-0.2, -0.15) is 0 Å². The Labute approximate surface area is 126 Å². The van der Waals surface area contributed by atoms with Crippen molar-refractivity contribution in [3.05, 3.63) is 0 Å². The van der Waals surface area contributed by atoms with Crippen molar-refractivity contribution in [1.82, 2.24) is 10.6 Å². The van der Waals surface area contributed by atoms with Crippen molar-refractivity contribution in [2.24, 2.45) is 16.3 Å². The third kappa shape index (κ3) is 3.10. The highest BCUT2D eigenvalue weighted by atomic mass is 127. The molecule has 0 aromatic rings. The van der Waals surface area contributed by atoms with Gasteiger partial charge >= 0.3 is 0 Å². The predicted octanol–water partition coefficient (Wildman–Crippen LogP) is 1.75. The summed E-state index contributed by atoms with van der Waals surface area (Å²) in [6.45, 7) is 6.28. The average molecular weight is 365 g/mol. The number of rotatable bonds is 3. The zero-order valence-corrected chi connectivity index (χ0v) is 13.4. The molecular formula is C13H24IN3O. The molecule has 2 N–H and O–H groups in total. The topological polar surface area (TPSA) is 45.7 Å². The van der Waals surface area contributed by atoms with E-state index in [-0.39, 0.29) is 24.0 Å². The molecule has 0 aromatic carbocycles. The molecule has 0 amide bonds. The second-order valence-electron chi connectivity index (χ2n) is 5.90. The molecule has 2 atom stereocenters. The van der Waals surface area contributed by atoms with E-state index < -0.39 is 0 Å². The summed E-state index contributed by atoms with van der Waals surface area (Å²) in [5.41, 5.74) is 0.294. The average Bonchev–Trinajstić information content (AvgIpc) is 3.12. The smallest absolute Gasteiger partial charge is 0.191 e. The van der Waals surface area contributed by atoms with E-state index in [2.05, 4.69) is 22.5 Å². The van der Waals surface area contributed by atoms with Gasteiger partial charge in [-0.1, -0.05) is 6.92 Å². The lowest BCUT2D eigenvalue weighted by Crippen LogP contribution is -2.47. The molecule has 2 heterocycles. The summed E-state index contributed by atoms with van der Waals surface area (Å²) in [5.74, 6) is 1.81. The Hall–Kier alpha value is -0.0400. The van der Waals surface area contributed by atoms with E-state index in [0.29, 0.717) is 11.5 Å². The molecule has 2 aliphatic heterocycles. The van der Waals surface area contributed by atoms with Crippen LogP contribution in [0.25, 0.3) is 0 Å². The zero-order valence-electron chi connectivity index (χ0n) is 11.1. The standard InChI is InChI=1S/C13H23N3O.HI/c1-13(5-8-17-11(13)10-3-4-10)9-16-12-14-6-2-7-15-12;/h10-11H,2-9H2,1H3,(H2,14,15,16);1H. The molecule has 1 aliphatic carbocycles. The summed E-state index contributed by atoms with van der Waals surface area (Å²) in [6.07, 6.45) is 5.52. The highest BCUT2D eigenvalue weighted by molar-refractivity contribution is 14.0. The SMILES string of the molecule is CC1(CNC2=NCCCN2)CCOC1C1CC1.I. The molecule has 104 valence electrons. The summed E-state index contributed by atoms with van der Waals surface area (Å²) in [4.78, 5) is 4.46. The summed E-state index contributed by atoms with van der Waals surface area (Å²) in [7, 11) is 0. The van der Waals surface area contributed by atoms with E-state index in [0.717, 1.165) is 44.5 Å². The third-order valence-electron chi connectivity index (χ3n) is 4.26. The van der Waals surface area contributed by atoms with Gasteiger partial charge < -0.3 is 15.4 Å². The third-order valence-corrected chi connectivity index (χ3v) is 4.26. The van der Waals surface area contributed by atoms with Crippen molar-refractivity contribution < 1.29 is 4.74 Å². The Morgan fingerprint density at radius 3 is 3.00 bits per heavy atom. The molecule has 5 heteroatoms. The van der Waals surface area contributed by atoms with Crippen LogP contribution in [-0.4, -0.2) is 38.3 Å². The number of ether oxygens (including phenoxy) is 1. The van der Waals surface area contributed by atoms with Crippen LogP contribution < -0.4 is 10.6 Å². The van der Waals surface area contributed by atoms with Crippen LogP contribution in [0.4, 0.5) is 0 Å². The number of aliphatic imine (C=N–C) groups is 1. The van der Waals surface area contributed by atoms with E-state index in [1.165, 1.54) is 19.3 Å². The molecule has 0 radical (unpaired) electrons. The van der Waals surface area contributed by atoms with Gasteiger partial charge in [0.1, 0.15) is 0 Å². The van der Waals surface area contributed by atoms with Crippen LogP contribution in [0.15, 0.2) is 4.99 Å². The second kappa shape index (κ2) is 5.94. The molecule has 1 saturated heterocycles. The van der Waals surface area contributed by atoms with Crippen LogP contribution in [0.2, 0.25) is 0 Å². The highest BCUT2D eigenvalue weighted by Crippen LogP contribution is 2.47. The Balaban J connectivity index is 0.00000120. The number of nitrogens with one attached hydrogen (secondary N) is 2. The molecular weight excluding hydrogens is 341 g/mol. The molecule has 3 rings (SSSR count). The summed E-state index contributed by atoms with van der Waals surface area (Å²) < 4.78 is 5.93. The van der Waals surface area contributed by atoms with Gasteiger partial charge in [0.25, 0.3) is 0 Å². The number of halogens is 1. The van der Waals surface area contributed by atoms with Crippen LogP contribution in [0, 0.1) is 11.3 Å². The van der Waals surface area contributed by atoms with E-state index >= 15 is 0 Å². The number of guanidine groups is 1. The lowest BCUT2D eigenvalue weighted by Gasteiger charge is -2.31. The molecule has 2 unspecified atom stereocenters. The van der Waals surface area contributed by atoms with Gasteiger partial charge in [0.2, 0.25) is 0 Å². The largest absolute Gasteiger partial charge is 0.377 e. The fourth-order valence-corrected chi connectivity index (χ4v) is 2.99. The first-order valence-electron chi connectivity index (χ1n) is 6.92. The molecule has 0 spiro atoms. The fourth-order valence-electron chi connectivity index (χ4n) is 2.99. The first kappa shape index (κ1) is 14.4. The molecule has 3 aliphatic rings. The number of hydrogen-bond donors (Lipinski definition) is 2.